The van der Waals surface area contributed by atoms with Crippen molar-refractivity contribution < 1.29 is 22.8 Å². The molecule has 2 aromatic carbocycles. The number of benzene rings is 2. The zero-order valence-electron chi connectivity index (χ0n) is 19.8. The van der Waals surface area contributed by atoms with Crippen molar-refractivity contribution in [1.29, 1.82) is 0 Å². The van der Waals surface area contributed by atoms with Gasteiger partial charge in [-0.1, -0.05) is 43.6 Å². The molecule has 0 saturated carbocycles. The standard InChI is InChI=1S/C26H26ClF3N4O2/c1-15(2)25(36)34(14-26(28,29)30)20-8-9-33(13-20)24-21(16-4-3-5-18(10-16)23(31)35)11-17-6-7-19(27)12-22(17)32-24/h3-7,10-12,15,20H,8-9,13-14H2,1-2H3,(H2,31,35)/t20-/m0/s1. The van der Waals surface area contributed by atoms with Crippen LogP contribution in [-0.2, 0) is 4.79 Å². The number of primary amides is 1. The maximum Gasteiger partial charge on any atom is 0.406 e. The predicted molar refractivity (Wildman–Crippen MR) is 134 cm³/mol. The van der Waals surface area contributed by atoms with E-state index in [2.05, 4.69) is 0 Å². The minimum absolute atomic E-state index is 0.191. The van der Waals surface area contributed by atoms with Gasteiger partial charge in [0.15, 0.2) is 0 Å². The van der Waals surface area contributed by atoms with E-state index in [1.165, 1.54) is 0 Å². The number of rotatable bonds is 6. The van der Waals surface area contributed by atoms with E-state index in [-0.39, 0.29) is 6.54 Å². The van der Waals surface area contributed by atoms with Gasteiger partial charge in [0, 0.05) is 40.5 Å². The minimum atomic E-state index is -4.50. The number of anilines is 1. The largest absolute Gasteiger partial charge is 0.406 e. The molecule has 1 aliphatic rings. The van der Waals surface area contributed by atoms with Crippen LogP contribution < -0.4 is 10.6 Å². The Morgan fingerprint density at radius 3 is 2.61 bits per heavy atom. The number of halogens is 4. The summed E-state index contributed by atoms with van der Waals surface area (Å²) in [5.74, 6) is -1.13. The molecule has 0 radical (unpaired) electrons. The van der Waals surface area contributed by atoms with Crippen LogP contribution in [0.2, 0.25) is 5.02 Å². The molecule has 1 aromatic heterocycles. The highest BCUT2D eigenvalue weighted by atomic mass is 35.5. The maximum atomic E-state index is 13.3. The summed E-state index contributed by atoms with van der Waals surface area (Å²) in [7, 11) is 0. The lowest BCUT2D eigenvalue weighted by Crippen LogP contribution is -2.48. The van der Waals surface area contributed by atoms with Gasteiger partial charge in [0.1, 0.15) is 12.4 Å². The SMILES string of the molecule is CC(C)C(=O)N(CC(F)(F)F)[C@H]1CCN(c2nc3cc(Cl)ccc3cc2-c2cccc(C(N)=O)c2)C1. The first kappa shape index (κ1) is 25.8. The van der Waals surface area contributed by atoms with Gasteiger partial charge in [-0.2, -0.15) is 13.2 Å². The second kappa shape index (κ2) is 9.97. The molecule has 6 nitrogen and oxygen atoms in total. The fourth-order valence-electron chi connectivity index (χ4n) is 4.52. The second-order valence-corrected chi connectivity index (χ2v) is 9.70. The van der Waals surface area contributed by atoms with Crippen LogP contribution in [0.4, 0.5) is 19.0 Å². The molecule has 3 aromatic rings. The molecule has 190 valence electrons. The number of nitrogens with two attached hydrogens (primary N) is 1. The molecule has 2 amide bonds. The zero-order valence-corrected chi connectivity index (χ0v) is 20.6. The van der Waals surface area contributed by atoms with E-state index in [9.17, 15) is 22.8 Å². The number of carbonyl (C=O) groups is 2. The average molecular weight is 519 g/mol. The number of hydrogen-bond donors (Lipinski definition) is 1. The van der Waals surface area contributed by atoms with E-state index in [0.717, 1.165) is 10.3 Å². The number of hydrogen-bond acceptors (Lipinski definition) is 4. The van der Waals surface area contributed by atoms with Gasteiger partial charge < -0.3 is 15.5 Å². The summed E-state index contributed by atoms with van der Waals surface area (Å²) in [5.41, 5.74) is 7.82. The topological polar surface area (TPSA) is 79.5 Å². The van der Waals surface area contributed by atoms with Crippen LogP contribution in [0.3, 0.4) is 0 Å². The highest BCUT2D eigenvalue weighted by Crippen LogP contribution is 2.36. The molecular weight excluding hydrogens is 493 g/mol. The lowest BCUT2D eigenvalue weighted by atomic mass is 10.0. The zero-order chi connectivity index (χ0) is 26.2. The van der Waals surface area contributed by atoms with E-state index in [4.69, 9.17) is 22.3 Å². The summed E-state index contributed by atoms with van der Waals surface area (Å²) in [6, 6.07) is 13.4. The normalized spacial score (nSPS) is 16.1. The summed E-state index contributed by atoms with van der Waals surface area (Å²) < 4.78 is 40.0. The van der Waals surface area contributed by atoms with E-state index in [0.29, 0.717) is 46.0 Å². The molecule has 2 N–H and O–H groups in total. The lowest BCUT2D eigenvalue weighted by molar-refractivity contribution is -0.167. The summed E-state index contributed by atoms with van der Waals surface area (Å²) in [4.78, 5) is 32.1. The van der Waals surface area contributed by atoms with Crippen molar-refractivity contribution in [2.45, 2.75) is 32.5 Å². The van der Waals surface area contributed by atoms with E-state index < -0.39 is 36.5 Å². The number of carbonyl (C=O) groups excluding carboxylic acids is 2. The van der Waals surface area contributed by atoms with Gasteiger partial charge in [0.2, 0.25) is 11.8 Å². The van der Waals surface area contributed by atoms with Crippen LogP contribution in [-0.4, -0.2) is 53.6 Å². The molecular formula is C26H26ClF3N4O2. The van der Waals surface area contributed by atoms with Crippen LogP contribution in [0.5, 0.6) is 0 Å². The first-order valence-corrected chi connectivity index (χ1v) is 11.9. The quantitative estimate of drug-likeness (QED) is 0.481. The summed E-state index contributed by atoms with van der Waals surface area (Å²) >= 11 is 6.18. The third-order valence-corrected chi connectivity index (χ3v) is 6.48. The predicted octanol–water partition coefficient (Wildman–Crippen LogP) is 5.28. The van der Waals surface area contributed by atoms with Crippen LogP contribution in [0.1, 0.15) is 30.6 Å². The van der Waals surface area contributed by atoms with Gasteiger partial charge in [-0.05, 0) is 42.3 Å². The molecule has 0 unspecified atom stereocenters. The Morgan fingerprint density at radius 2 is 1.94 bits per heavy atom. The molecule has 36 heavy (non-hydrogen) atoms. The number of nitrogens with zero attached hydrogens (tertiary/aromatic N) is 3. The fourth-order valence-corrected chi connectivity index (χ4v) is 4.69. The van der Waals surface area contributed by atoms with Gasteiger partial charge in [-0.25, -0.2) is 4.98 Å². The number of amides is 2. The average Bonchev–Trinajstić information content (AvgIpc) is 3.30. The molecule has 0 bridgehead atoms. The Bertz CT molecular complexity index is 1310. The number of pyridine rings is 1. The highest BCUT2D eigenvalue weighted by molar-refractivity contribution is 6.31. The van der Waals surface area contributed by atoms with Gasteiger partial charge in [-0.3, -0.25) is 9.59 Å². The summed E-state index contributed by atoms with van der Waals surface area (Å²) in [5, 5.41) is 1.31. The Morgan fingerprint density at radius 1 is 1.19 bits per heavy atom. The smallest absolute Gasteiger partial charge is 0.366 e. The van der Waals surface area contributed by atoms with Gasteiger partial charge in [0.05, 0.1) is 11.6 Å². The summed E-state index contributed by atoms with van der Waals surface area (Å²) in [6.07, 6.45) is -4.14. The van der Waals surface area contributed by atoms with Gasteiger partial charge in [0.25, 0.3) is 0 Å². The van der Waals surface area contributed by atoms with E-state index in [1.807, 2.05) is 23.1 Å². The molecule has 4 rings (SSSR count). The second-order valence-electron chi connectivity index (χ2n) is 9.27. The van der Waals surface area contributed by atoms with Crippen LogP contribution in [0, 0.1) is 5.92 Å². The highest BCUT2D eigenvalue weighted by Gasteiger charge is 2.40. The molecule has 1 atom stereocenters. The van der Waals surface area contributed by atoms with Gasteiger partial charge >= 0.3 is 6.18 Å². The monoisotopic (exact) mass is 518 g/mol. The molecule has 0 aliphatic carbocycles. The van der Waals surface area contributed by atoms with Crippen molar-refractivity contribution in [3.05, 3.63) is 59.1 Å². The Balaban J connectivity index is 1.76. The summed E-state index contributed by atoms with van der Waals surface area (Å²) in [6.45, 7) is 2.49. The molecule has 2 heterocycles. The van der Waals surface area contributed by atoms with Crippen molar-refractivity contribution in [3.8, 4) is 11.1 Å². The Kier molecular flexibility index (Phi) is 7.13. The lowest BCUT2D eigenvalue weighted by Gasteiger charge is -2.31. The third-order valence-electron chi connectivity index (χ3n) is 6.25. The molecule has 1 fully saturated rings. The van der Waals surface area contributed by atoms with Crippen molar-refractivity contribution in [2.24, 2.45) is 11.7 Å². The first-order valence-electron chi connectivity index (χ1n) is 11.6. The number of alkyl halides is 3. The number of fused-ring (bicyclic) bond motifs is 1. The van der Waals surface area contributed by atoms with E-state index >= 15 is 0 Å². The van der Waals surface area contributed by atoms with Crippen molar-refractivity contribution in [1.82, 2.24) is 9.88 Å². The van der Waals surface area contributed by atoms with Gasteiger partial charge in [-0.15, -0.1) is 0 Å². The Labute approximate surface area is 211 Å². The van der Waals surface area contributed by atoms with E-state index in [1.54, 1.807) is 44.2 Å². The van der Waals surface area contributed by atoms with Crippen molar-refractivity contribution in [3.63, 3.8) is 0 Å². The van der Waals surface area contributed by atoms with Crippen LogP contribution in [0.15, 0.2) is 48.5 Å². The number of aromatic nitrogens is 1. The van der Waals surface area contributed by atoms with Crippen molar-refractivity contribution in [2.75, 3.05) is 24.5 Å². The molecule has 10 heteroatoms. The third kappa shape index (κ3) is 5.56. The van der Waals surface area contributed by atoms with Crippen LogP contribution >= 0.6 is 11.6 Å². The molecule has 1 aliphatic heterocycles. The fraction of sp³-hybridized carbons (Fsp3) is 0.346. The van der Waals surface area contributed by atoms with Crippen molar-refractivity contribution >= 4 is 40.1 Å². The minimum Gasteiger partial charge on any atom is -0.366 e. The Hall–Kier alpha value is -3.33. The molecule has 1 saturated heterocycles. The maximum absolute atomic E-state index is 13.3. The van der Waals surface area contributed by atoms with Crippen LogP contribution in [0.25, 0.3) is 22.0 Å². The molecule has 0 spiro atoms. The first-order chi connectivity index (χ1) is 16.9.